The van der Waals surface area contributed by atoms with Crippen molar-refractivity contribution >= 4 is 16.8 Å². The highest BCUT2D eigenvalue weighted by Gasteiger charge is 2.02. The van der Waals surface area contributed by atoms with Crippen molar-refractivity contribution < 1.29 is 4.42 Å². The van der Waals surface area contributed by atoms with Gasteiger partial charge in [-0.25, -0.2) is 4.98 Å². The van der Waals surface area contributed by atoms with Gasteiger partial charge in [0.1, 0.15) is 11.4 Å². The van der Waals surface area contributed by atoms with Crippen molar-refractivity contribution in [2.45, 2.75) is 6.42 Å². The summed E-state index contributed by atoms with van der Waals surface area (Å²) in [5.41, 5.74) is 0.862. The molecule has 0 radical (unpaired) electrons. The summed E-state index contributed by atoms with van der Waals surface area (Å²) in [6.07, 6.45) is 6.21. The van der Waals surface area contributed by atoms with E-state index in [1.807, 2.05) is 18.2 Å². The summed E-state index contributed by atoms with van der Waals surface area (Å²) in [6.45, 7) is 4.51. The Morgan fingerprint density at radius 3 is 3.29 bits per heavy atom. The van der Waals surface area contributed by atoms with Gasteiger partial charge in [0.05, 0.1) is 11.6 Å². The first-order valence-electron chi connectivity index (χ1n) is 4.59. The van der Waals surface area contributed by atoms with Crippen LogP contribution < -0.4 is 5.32 Å². The van der Waals surface area contributed by atoms with Crippen molar-refractivity contribution in [3.05, 3.63) is 37.2 Å². The summed E-state index contributed by atoms with van der Waals surface area (Å²) >= 11 is 0. The zero-order valence-electron chi connectivity index (χ0n) is 7.86. The Hall–Kier alpha value is -1.77. The van der Waals surface area contributed by atoms with Gasteiger partial charge in [-0.05, 0) is 18.6 Å². The molecule has 0 spiro atoms. The lowest BCUT2D eigenvalue weighted by Crippen LogP contribution is -2.01. The van der Waals surface area contributed by atoms with Crippen LogP contribution in [0, 0.1) is 0 Å². The molecule has 3 heteroatoms. The fraction of sp³-hybridized carbons (Fsp3) is 0.182. The van der Waals surface area contributed by atoms with Crippen LogP contribution in [-0.4, -0.2) is 11.5 Å². The maximum absolute atomic E-state index is 5.26. The van der Waals surface area contributed by atoms with Gasteiger partial charge in [-0.3, -0.25) is 0 Å². The highest BCUT2D eigenvalue weighted by atomic mass is 16.3. The summed E-state index contributed by atoms with van der Waals surface area (Å²) in [4.78, 5) is 4.25. The third kappa shape index (κ3) is 1.62. The van der Waals surface area contributed by atoms with E-state index < -0.39 is 0 Å². The van der Waals surface area contributed by atoms with Crippen molar-refractivity contribution in [2.75, 3.05) is 11.9 Å². The molecular weight excluding hydrogens is 176 g/mol. The molecule has 0 amide bonds. The number of fused-ring (bicyclic) bond motifs is 1. The first kappa shape index (κ1) is 8.81. The molecule has 14 heavy (non-hydrogen) atoms. The van der Waals surface area contributed by atoms with Crippen molar-refractivity contribution in [2.24, 2.45) is 0 Å². The lowest BCUT2D eigenvalue weighted by molar-refractivity contribution is 0.615. The summed E-state index contributed by atoms with van der Waals surface area (Å²) in [5, 5.41) is 4.26. The smallest absolute Gasteiger partial charge is 0.139 e. The van der Waals surface area contributed by atoms with Crippen LogP contribution in [0.1, 0.15) is 6.42 Å². The van der Waals surface area contributed by atoms with Gasteiger partial charge in [-0.2, -0.15) is 0 Å². The second-order valence-electron chi connectivity index (χ2n) is 3.00. The van der Waals surface area contributed by atoms with Crippen LogP contribution in [0.25, 0.3) is 11.0 Å². The summed E-state index contributed by atoms with van der Waals surface area (Å²) < 4.78 is 5.26. The van der Waals surface area contributed by atoms with E-state index in [1.165, 1.54) is 0 Å². The van der Waals surface area contributed by atoms with Crippen molar-refractivity contribution in [1.29, 1.82) is 0 Å². The molecular formula is C11H12N2O. The molecule has 2 heterocycles. The van der Waals surface area contributed by atoms with Gasteiger partial charge in [0.15, 0.2) is 0 Å². The van der Waals surface area contributed by atoms with Crippen molar-refractivity contribution in [3.8, 4) is 0 Å². The molecule has 2 aromatic heterocycles. The van der Waals surface area contributed by atoms with Gasteiger partial charge in [-0.1, -0.05) is 6.08 Å². The lowest BCUT2D eigenvalue weighted by Gasteiger charge is -2.03. The Balaban J connectivity index is 2.23. The number of rotatable bonds is 4. The Kier molecular flexibility index (Phi) is 2.49. The number of hydrogen-bond donors (Lipinski definition) is 1. The van der Waals surface area contributed by atoms with Gasteiger partial charge in [0.2, 0.25) is 0 Å². The molecule has 3 nitrogen and oxygen atoms in total. The fourth-order valence-electron chi connectivity index (χ4n) is 1.33. The van der Waals surface area contributed by atoms with E-state index in [0.29, 0.717) is 0 Å². The SMILES string of the molecule is C=CCCNc1nccc2occc12. The maximum Gasteiger partial charge on any atom is 0.139 e. The zero-order chi connectivity index (χ0) is 9.80. The largest absolute Gasteiger partial charge is 0.464 e. The normalized spacial score (nSPS) is 10.3. The van der Waals surface area contributed by atoms with Gasteiger partial charge < -0.3 is 9.73 Å². The first-order valence-corrected chi connectivity index (χ1v) is 4.59. The van der Waals surface area contributed by atoms with Gasteiger partial charge in [0.25, 0.3) is 0 Å². The molecule has 72 valence electrons. The molecule has 2 aromatic rings. The van der Waals surface area contributed by atoms with Crippen LogP contribution in [-0.2, 0) is 0 Å². The molecule has 0 saturated carbocycles. The number of furan rings is 1. The molecule has 0 aliphatic carbocycles. The van der Waals surface area contributed by atoms with Gasteiger partial charge >= 0.3 is 0 Å². The number of anilines is 1. The van der Waals surface area contributed by atoms with E-state index >= 15 is 0 Å². The Morgan fingerprint density at radius 1 is 1.50 bits per heavy atom. The van der Waals surface area contributed by atoms with Crippen LogP contribution >= 0.6 is 0 Å². The second kappa shape index (κ2) is 3.96. The molecule has 0 bridgehead atoms. The van der Waals surface area contributed by atoms with Crippen LogP contribution in [0.15, 0.2) is 41.7 Å². The predicted octanol–water partition coefficient (Wildman–Crippen LogP) is 2.82. The first-order chi connectivity index (χ1) is 6.92. The topological polar surface area (TPSA) is 38.1 Å². The number of aromatic nitrogens is 1. The standard InChI is InChI=1S/C11H12N2O/c1-2-3-6-12-11-9-5-8-14-10(9)4-7-13-11/h2,4-5,7-8H,1,3,6H2,(H,12,13). The fourth-order valence-corrected chi connectivity index (χ4v) is 1.33. The Labute approximate surface area is 82.4 Å². The van der Waals surface area contributed by atoms with Crippen LogP contribution in [0.3, 0.4) is 0 Å². The average Bonchev–Trinajstić information content (AvgIpc) is 2.67. The molecule has 0 unspecified atom stereocenters. The average molecular weight is 188 g/mol. The van der Waals surface area contributed by atoms with Crippen LogP contribution in [0.5, 0.6) is 0 Å². The number of nitrogens with zero attached hydrogens (tertiary/aromatic N) is 1. The summed E-state index contributed by atoms with van der Waals surface area (Å²) in [6, 6.07) is 3.77. The molecule has 2 rings (SSSR count). The minimum absolute atomic E-state index is 0.848. The monoisotopic (exact) mass is 188 g/mol. The Bertz CT molecular complexity index is 434. The van der Waals surface area contributed by atoms with E-state index in [-0.39, 0.29) is 0 Å². The van der Waals surface area contributed by atoms with E-state index in [4.69, 9.17) is 4.42 Å². The van der Waals surface area contributed by atoms with Crippen molar-refractivity contribution in [3.63, 3.8) is 0 Å². The lowest BCUT2D eigenvalue weighted by atomic mass is 10.3. The van der Waals surface area contributed by atoms with E-state index in [2.05, 4.69) is 16.9 Å². The molecule has 0 aliphatic heterocycles. The highest BCUT2D eigenvalue weighted by molar-refractivity contribution is 5.87. The van der Waals surface area contributed by atoms with E-state index in [9.17, 15) is 0 Å². The van der Waals surface area contributed by atoms with E-state index in [0.717, 1.165) is 29.8 Å². The third-order valence-corrected chi connectivity index (χ3v) is 2.02. The third-order valence-electron chi connectivity index (χ3n) is 2.02. The minimum atomic E-state index is 0.848. The van der Waals surface area contributed by atoms with E-state index in [1.54, 1.807) is 12.5 Å². The Morgan fingerprint density at radius 2 is 2.43 bits per heavy atom. The summed E-state index contributed by atoms with van der Waals surface area (Å²) in [5.74, 6) is 0.873. The second-order valence-corrected chi connectivity index (χ2v) is 3.00. The highest BCUT2D eigenvalue weighted by Crippen LogP contribution is 2.21. The predicted molar refractivity (Wildman–Crippen MR) is 57.3 cm³/mol. The molecule has 0 aliphatic rings. The van der Waals surface area contributed by atoms with Crippen LogP contribution in [0.2, 0.25) is 0 Å². The molecule has 1 N–H and O–H groups in total. The van der Waals surface area contributed by atoms with Gasteiger partial charge in [0, 0.05) is 12.7 Å². The van der Waals surface area contributed by atoms with Crippen LogP contribution in [0.4, 0.5) is 5.82 Å². The number of hydrogen-bond acceptors (Lipinski definition) is 3. The minimum Gasteiger partial charge on any atom is -0.464 e. The quantitative estimate of drug-likeness (QED) is 0.592. The molecule has 0 saturated heterocycles. The summed E-state index contributed by atoms with van der Waals surface area (Å²) in [7, 11) is 0. The number of pyridine rings is 1. The number of nitrogens with one attached hydrogen (secondary N) is 1. The molecule has 0 fully saturated rings. The zero-order valence-corrected chi connectivity index (χ0v) is 7.86. The maximum atomic E-state index is 5.26. The molecule has 0 atom stereocenters. The van der Waals surface area contributed by atoms with Gasteiger partial charge in [-0.15, -0.1) is 6.58 Å². The molecule has 0 aromatic carbocycles. The van der Waals surface area contributed by atoms with Crippen molar-refractivity contribution in [1.82, 2.24) is 4.98 Å².